The first-order valence-electron chi connectivity index (χ1n) is 10.0. The van der Waals surface area contributed by atoms with Gasteiger partial charge in [0.2, 0.25) is 0 Å². The SMILES string of the molecule is COc1cc2c(C)cc3n[nH]c(=O)n3c2cc1-c1ccc(C(=O)N2CCCC2)cc1. The molecule has 30 heavy (non-hydrogen) atoms. The molecule has 0 atom stereocenters. The van der Waals surface area contributed by atoms with E-state index in [2.05, 4.69) is 10.2 Å². The Bertz CT molecular complexity index is 1330. The summed E-state index contributed by atoms with van der Waals surface area (Å²) in [6.07, 6.45) is 2.14. The number of pyridine rings is 1. The maximum Gasteiger partial charge on any atom is 0.348 e. The van der Waals surface area contributed by atoms with E-state index in [0.717, 1.165) is 53.5 Å². The number of fused-ring (bicyclic) bond motifs is 3. The Morgan fingerprint density at radius 2 is 1.83 bits per heavy atom. The Kier molecular flexibility index (Phi) is 4.31. The number of hydrogen-bond acceptors (Lipinski definition) is 4. The number of H-pyrrole nitrogens is 1. The summed E-state index contributed by atoms with van der Waals surface area (Å²) in [5, 5.41) is 7.53. The van der Waals surface area contributed by atoms with Gasteiger partial charge in [0.1, 0.15) is 5.75 Å². The lowest BCUT2D eigenvalue weighted by Crippen LogP contribution is -2.27. The van der Waals surface area contributed by atoms with Gasteiger partial charge in [-0.25, -0.2) is 14.3 Å². The van der Waals surface area contributed by atoms with E-state index in [4.69, 9.17) is 4.74 Å². The predicted octanol–water partition coefficient (Wildman–Crippen LogP) is 3.40. The maximum atomic E-state index is 12.6. The van der Waals surface area contributed by atoms with E-state index >= 15 is 0 Å². The molecule has 1 fully saturated rings. The zero-order valence-corrected chi connectivity index (χ0v) is 16.9. The van der Waals surface area contributed by atoms with Crippen molar-refractivity contribution in [2.75, 3.05) is 20.2 Å². The number of aromatic nitrogens is 3. The Hall–Kier alpha value is -3.61. The van der Waals surface area contributed by atoms with Crippen LogP contribution in [0.2, 0.25) is 0 Å². The number of ether oxygens (including phenoxy) is 1. The molecular formula is C23H22N4O3. The smallest absolute Gasteiger partial charge is 0.348 e. The second-order valence-corrected chi connectivity index (χ2v) is 7.70. The van der Waals surface area contributed by atoms with Crippen LogP contribution in [0.4, 0.5) is 0 Å². The van der Waals surface area contributed by atoms with Crippen molar-refractivity contribution in [2.24, 2.45) is 0 Å². The van der Waals surface area contributed by atoms with E-state index in [-0.39, 0.29) is 11.6 Å². The fourth-order valence-corrected chi connectivity index (χ4v) is 4.27. The minimum absolute atomic E-state index is 0.0757. The summed E-state index contributed by atoms with van der Waals surface area (Å²) in [6, 6.07) is 13.3. The summed E-state index contributed by atoms with van der Waals surface area (Å²) in [4.78, 5) is 26.9. The number of hydrogen-bond donors (Lipinski definition) is 1. The van der Waals surface area contributed by atoms with Crippen molar-refractivity contribution in [1.29, 1.82) is 0 Å². The van der Waals surface area contributed by atoms with Gasteiger partial charge in [0.05, 0.1) is 12.6 Å². The Balaban J connectivity index is 1.64. The zero-order valence-electron chi connectivity index (χ0n) is 16.9. The number of likely N-dealkylation sites (tertiary alicyclic amines) is 1. The predicted molar refractivity (Wildman–Crippen MR) is 115 cm³/mol. The highest BCUT2D eigenvalue weighted by Gasteiger charge is 2.20. The van der Waals surface area contributed by atoms with Crippen molar-refractivity contribution >= 4 is 22.5 Å². The number of aryl methyl sites for hydroxylation is 1. The molecule has 152 valence electrons. The van der Waals surface area contributed by atoms with Crippen LogP contribution < -0.4 is 10.4 Å². The van der Waals surface area contributed by atoms with Gasteiger partial charge in [-0.05, 0) is 61.2 Å². The molecule has 1 saturated heterocycles. The lowest BCUT2D eigenvalue weighted by Gasteiger charge is -2.16. The van der Waals surface area contributed by atoms with Crippen LogP contribution in [0.15, 0.2) is 47.3 Å². The van der Waals surface area contributed by atoms with Gasteiger partial charge in [0.25, 0.3) is 5.91 Å². The number of carbonyl (C=O) groups excluding carboxylic acids is 1. The molecule has 1 aliphatic heterocycles. The summed E-state index contributed by atoms with van der Waals surface area (Å²) >= 11 is 0. The Morgan fingerprint density at radius 1 is 1.10 bits per heavy atom. The third-order valence-electron chi connectivity index (χ3n) is 5.86. The van der Waals surface area contributed by atoms with Crippen molar-refractivity contribution in [2.45, 2.75) is 19.8 Å². The summed E-state index contributed by atoms with van der Waals surface area (Å²) in [7, 11) is 1.63. The van der Waals surface area contributed by atoms with Gasteiger partial charge in [-0.15, -0.1) is 0 Å². The monoisotopic (exact) mass is 402 g/mol. The zero-order chi connectivity index (χ0) is 20.8. The van der Waals surface area contributed by atoms with Crippen molar-refractivity contribution < 1.29 is 9.53 Å². The van der Waals surface area contributed by atoms with E-state index in [1.54, 1.807) is 11.5 Å². The van der Waals surface area contributed by atoms with E-state index < -0.39 is 0 Å². The first-order valence-corrected chi connectivity index (χ1v) is 10.0. The molecule has 1 amide bonds. The van der Waals surface area contributed by atoms with Gasteiger partial charge in [-0.2, -0.15) is 5.10 Å². The molecule has 0 aliphatic carbocycles. The van der Waals surface area contributed by atoms with Gasteiger partial charge >= 0.3 is 5.69 Å². The number of methoxy groups -OCH3 is 1. The molecule has 0 saturated carbocycles. The summed E-state index contributed by atoms with van der Waals surface area (Å²) in [6.45, 7) is 3.64. The molecule has 3 heterocycles. The van der Waals surface area contributed by atoms with Gasteiger partial charge < -0.3 is 9.64 Å². The van der Waals surface area contributed by atoms with Gasteiger partial charge in [0.15, 0.2) is 5.65 Å². The minimum atomic E-state index is -0.280. The van der Waals surface area contributed by atoms with Crippen LogP contribution in [-0.2, 0) is 0 Å². The second kappa shape index (κ2) is 7.02. The van der Waals surface area contributed by atoms with Crippen molar-refractivity contribution in [3.63, 3.8) is 0 Å². The van der Waals surface area contributed by atoms with Crippen molar-refractivity contribution in [1.82, 2.24) is 19.5 Å². The molecule has 2 aromatic carbocycles. The average molecular weight is 402 g/mol. The molecule has 1 N–H and O–H groups in total. The standard InChI is InChI=1S/C23H22N4O3/c1-14-11-21-24-25-23(29)27(21)19-12-18(20(30-2)13-17(14)19)15-5-7-16(8-6-15)22(28)26-9-3-4-10-26/h5-8,11-13H,3-4,9-10H2,1-2H3,(H,25,29). The van der Waals surface area contributed by atoms with Crippen LogP contribution >= 0.6 is 0 Å². The molecule has 2 aromatic heterocycles. The van der Waals surface area contributed by atoms with Gasteiger partial charge in [0, 0.05) is 29.6 Å². The number of nitrogens with zero attached hydrogens (tertiary/aromatic N) is 3. The third kappa shape index (κ3) is 2.85. The van der Waals surface area contributed by atoms with Crippen LogP contribution in [0.1, 0.15) is 28.8 Å². The molecule has 0 bridgehead atoms. The van der Waals surface area contributed by atoms with E-state index in [1.807, 2.05) is 54.3 Å². The Labute approximate surface area is 172 Å². The number of rotatable bonds is 3. The van der Waals surface area contributed by atoms with Gasteiger partial charge in [-0.1, -0.05) is 12.1 Å². The quantitative estimate of drug-likeness (QED) is 0.570. The largest absolute Gasteiger partial charge is 0.496 e. The summed E-state index contributed by atoms with van der Waals surface area (Å²) in [5.41, 5.74) is 4.52. The summed E-state index contributed by atoms with van der Waals surface area (Å²) in [5.74, 6) is 0.784. The molecule has 1 aliphatic rings. The highest BCUT2D eigenvalue weighted by molar-refractivity contribution is 5.96. The second-order valence-electron chi connectivity index (χ2n) is 7.70. The third-order valence-corrected chi connectivity index (χ3v) is 5.86. The normalized spacial score (nSPS) is 14.0. The molecule has 0 spiro atoms. The van der Waals surface area contributed by atoms with Crippen molar-refractivity contribution in [3.8, 4) is 16.9 Å². The minimum Gasteiger partial charge on any atom is -0.496 e. The van der Waals surface area contributed by atoms with E-state index in [0.29, 0.717) is 17.0 Å². The lowest BCUT2D eigenvalue weighted by molar-refractivity contribution is 0.0793. The number of amides is 1. The summed E-state index contributed by atoms with van der Waals surface area (Å²) < 4.78 is 7.23. The molecule has 0 radical (unpaired) electrons. The van der Waals surface area contributed by atoms with Crippen LogP contribution in [0.5, 0.6) is 5.75 Å². The van der Waals surface area contributed by atoms with Crippen molar-refractivity contribution in [3.05, 3.63) is 64.1 Å². The molecular weight excluding hydrogens is 380 g/mol. The first kappa shape index (κ1) is 18.4. The van der Waals surface area contributed by atoms with Crippen LogP contribution in [0.3, 0.4) is 0 Å². The number of benzene rings is 2. The fourth-order valence-electron chi connectivity index (χ4n) is 4.27. The average Bonchev–Trinajstić information content (AvgIpc) is 3.43. The molecule has 5 rings (SSSR count). The van der Waals surface area contributed by atoms with Gasteiger partial charge in [-0.3, -0.25) is 4.79 Å². The lowest BCUT2D eigenvalue weighted by atomic mass is 9.99. The molecule has 4 aromatic rings. The number of nitrogens with one attached hydrogen (secondary N) is 1. The molecule has 7 nitrogen and oxygen atoms in total. The highest BCUT2D eigenvalue weighted by Crippen LogP contribution is 2.35. The van der Waals surface area contributed by atoms with Crippen LogP contribution in [0.25, 0.3) is 27.7 Å². The number of carbonyl (C=O) groups is 1. The van der Waals surface area contributed by atoms with Crippen LogP contribution in [0, 0.1) is 6.92 Å². The maximum absolute atomic E-state index is 12.6. The molecule has 0 unspecified atom stereocenters. The molecule has 7 heteroatoms. The fraction of sp³-hybridized carbons (Fsp3) is 0.261. The van der Waals surface area contributed by atoms with E-state index in [9.17, 15) is 9.59 Å². The van der Waals surface area contributed by atoms with E-state index in [1.165, 1.54) is 0 Å². The van der Waals surface area contributed by atoms with Crippen LogP contribution in [-0.4, -0.2) is 45.6 Å². The first-order chi connectivity index (χ1) is 14.6. The topological polar surface area (TPSA) is 79.7 Å². The Morgan fingerprint density at radius 3 is 2.53 bits per heavy atom. The highest BCUT2D eigenvalue weighted by atomic mass is 16.5. The number of aromatic amines is 1.